The summed E-state index contributed by atoms with van der Waals surface area (Å²) in [7, 11) is 0. The first-order valence-electron chi connectivity index (χ1n) is 4.66. The van der Waals surface area contributed by atoms with Crippen LogP contribution in [-0.2, 0) is 4.79 Å². The fourth-order valence-electron chi connectivity index (χ4n) is 1.81. The van der Waals surface area contributed by atoms with Crippen molar-refractivity contribution in [1.82, 2.24) is 0 Å². The molecule has 0 radical (unpaired) electrons. The summed E-state index contributed by atoms with van der Waals surface area (Å²) >= 11 is 0. The second-order valence-electron chi connectivity index (χ2n) is 3.51. The molecule has 2 heteroatoms. The Morgan fingerprint density at radius 2 is 2.17 bits per heavy atom. The summed E-state index contributed by atoms with van der Waals surface area (Å²) in [6.45, 7) is 3.58. The second kappa shape index (κ2) is 4.41. The smallest absolute Gasteiger partial charge is 0.152 e. The zero-order valence-electron chi connectivity index (χ0n) is 7.46. The van der Waals surface area contributed by atoms with Crippen LogP contribution in [0, 0.1) is 5.92 Å². The first-order valence-corrected chi connectivity index (χ1v) is 4.66. The van der Waals surface area contributed by atoms with Gasteiger partial charge >= 0.3 is 0 Å². The molecule has 12 heavy (non-hydrogen) atoms. The van der Waals surface area contributed by atoms with Gasteiger partial charge in [-0.15, -0.1) is 6.58 Å². The molecule has 1 rings (SSSR count). The van der Waals surface area contributed by atoms with E-state index < -0.39 is 0 Å². The van der Waals surface area contributed by atoms with E-state index in [4.69, 9.17) is 5.73 Å². The van der Waals surface area contributed by atoms with Crippen LogP contribution in [0.2, 0.25) is 0 Å². The third-order valence-electron chi connectivity index (χ3n) is 2.54. The molecule has 0 aromatic rings. The highest BCUT2D eigenvalue weighted by Crippen LogP contribution is 2.26. The van der Waals surface area contributed by atoms with Crippen LogP contribution in [0.5, 0.6) is 0 Å². The summed E-state index contributed by atoms with van der Waals surface area (Å²) in [5.41, 5.74) is 5.69. The standard InChI is InChI=1S/C10H17NO/c1-2-5-9(11)10(12)8-6-3-4-7-8/h2,8-9H,1,3-7,11H2. The number of hydrogen-bond acceptors (Lipinski definition) is 2. The van der Waals surface area contributed by atoms with E-state index in [1.165, 1.54) is 12.8 Å². The summed E-state index contributed by atoms with van der Waals surface area (Å²) in [4.78, 5) is 11.6. The average molecular weight is 167 g/mol. The van der Waals surface area contributed by atoms with Gasteiger partial charge < -0.3 is 5.73 Å². The van der Waals surface area contributed by atoms with Gasteiger partial charge in [0.2, 0.25) is 0 Å². The summed E-state index contributed by atoms with van der Waals surface area (Å²) in [5, 5.41) is 0. The molecule has 1 aliphatic carbocycles. The molecule has 0 heterocycles. The summed E-state index contributed by atoms with van der Waals surface area (Å²) in [6.07, 6.45) is 6.81. The van der Waals surface area contributed by atoms with Gasteiger partial charge in [0.1, 0.15) is 0 Å². The maximum absolute atomic E-state index is 11.6. The van der Waals surface area contributed by atoms with E-state index in [9.17, 15) is 4.79 Å². The Hall–Kier alpha value is -0.630. The lowest BCUT2D eigenvalue weighted by molar-refractivity contribution is -0.123. The minimum absolute atomic E-state index is 0.243. The Balaban J connectivity index is 2.39. The molecule has 1 atom stereocenters. The number of ketones is 1. The van der Waals surface area contributed by atoms with Crippen molar-refractivity contribution >= 4 is 5.78 Å². The normalized spacial score (nSPS) is 20.8. The highest BCUT2D eigenvalue weighted by atomic mass is 16.1. The molecule has 1 unspecified atom stereocenters. The van der Waals surface area contributed by atoms with E-state index in [2.05, 4.69) is 6.58 Å². The number of rotatable bonds is 4. The van der Waals surface area contributed by atoms with Gasteiger partial charge in [-0.05, 0) is 19.3 Å². The molecule has 0 amide bonds. The zero-order valence-corrected chi connectivity index (χ0v) is 7.46. The lowest BCUT2D eigenvalue weighted by Crippen LogP contribution is -2.34. The molecule has 0 saturated heterocycles. The average Bonchev–Trinajstić information content (AvgIpc) is 2.55. The summed E-state index contributed by atoms with van der Waals surface area (Å²) < 4.78 is 0. The molecule has 1 aliphatic rings. The van der Waals surface area contributed by atoms with Crippen molar-refractivity contribution in [2.75, 3.05) is 0 Å². The van der Waals surface area contributed by atoms with E-state index in [1.807, 2.05) is 0 Å². The van der Waals surface area contributed by atoms with Crippen LogP contribution in [-0.4, -0.2) is 11.8 Å². The summed E-state index contributed by atoms with van der Waals surface area (Å²) in [6, 6.07) is -0.300. The van der Waals surface area contributed by atoms with Crippen molar-refractivity contribution in [2.24, 2.45) is 11.7 Å². The third-order valence-corrected chi connectivity index (χ3v) is 2.54. The molecule has 0 spiro atoms. The number of hydrogen-bond donors (Lipinski definition) is 1. The topological polar surface area (TPSA) is 43.1 Å². The van der Waals surface area contributed by atoms with Gasteiger partial charge in [-0.25, -0.2) is 0 Å². The van der Waals surface area contributed by atoms with Crippen molar-refractivity contribution in [3.63, 3.8) is 0 Å². The van der Waals surface area contributed by atoms with Crippen molar-refractivity contribution in [3.8, 4) is 0 Å². The van der Waals surface area contributed by atoms with Crippen LogP contribution in [0.4, 0.5) is 0 Å². The lowest BCUT2D eigenvalue weighted by atomic mass is 9.95. The molecule has 1 fully saturated rings. The number of nitrogens with two attached hydrogens (primary N) is 1. The van der Waals surface area contributed by atoms with Gasteiger partial charge in [-0.2, -0.15) is 0 Å². The fourth-order valence-corrected chi connectivity index (χ4v) is 1.81. The minimum atomic E-state index is -0.300. The monoisotopic (exact) mass is 167 g/mol. The largest absolute Gasteiger partial charge is 0.321 e. The molecular formula is C10H17NO. The highest BCUT2D eigenvalue weighted by Gasteiger charge is 2.25. The first-order chi connectivity index (χ1) is 5.75. The van der Waals surface area contributed by atoms with E-state index in [0.717, 1.165) is 12.8 Å². The van der Waals surface area contributed by atoms with Gasteiger partial charge in [0.15, 0.2) is 5.78 Å². The number of Topliss-reactive ketones (excluding diaryl/α,β-unsaturated/α-hetero) is 1. The Labute approximate surface area is 73.8 Å². The van der Waals surface area contributed by atoms with Crippen LogP contribution >= 0.6 is 0 Å². The Bertz CT molecular complexity index is 171. The number of carbonyl (C=O) groups excluding carboxylic acids is 1. The maximum Gasteiger partial charge on any atom is 0.152 e. The van der Waals surface area contributed by atoms with Gasteiger partial charge in [-0.3, -0.25) is 4.79 Å². The van der Waals surface area contributed by atoms with Crippen molar-refractivity contribution in [1.29, 1.82) is 0 Å². The van der Waals surface area contributed by atoms with Crippen LogP contribution in [0.3, 0.4) is 0 Å². The Morgan fingerprint density at radius 3 is 2.67 bits per heavy atom. The van der Waals surface area contributed by atoms with Crippen molar-refractivity contribution < 1.29 is 4.79 Å². The highest BCUT2D eigenvalue weighted by molar-refractivity contribution is 5.86. The minimum Gasteiger partial charge on any atom is -0.321 e. The van der Waals surface area contributed by atoms with E-state index in [1.54, 1.807) is 6.08 Å². The molecule has 0 bridgehead atoms. The molecule has 1 saturated carbocycles. The van der Waals surface area contributed by atoms with Gasteiger partial charge in [0.25, 0.3) is 0 Å². The van der Waals surface area contributed by atoms with Crippen molar-refractivity contribution in [3.05, 3.63) is 12.7 Å². The lowest BCUT2D eigenvalue weighted by Gasteiger charge is -2.12. The van der Waals surface area contributed by atoms with E-state index in [0.29, 0.717) is 6.42 Å². The van der Waals surface area contributed by atoms with Gasteiger partial charge in [0.05, 0.1) is 6.04 Å². The van der Waals surface area contributed by atoms with Crippen LogP contribution in [0.15, 0.2) is 12.7 Å². The van der Waals surface area contributed by atoms with E-state index >= 15 is 0 Å². The quantitative estimate of drug-likeness (QED) is 0.647. The molecule has 0 aromatic carbocycles. The molecule has 0 aromatic heterocycles. The maximum atomic E-state index is 11.6. The zero-order chi connectivity index (χ0) is 8.97. The predicted molar refractivity (Wildman–Crippen MR) is 49.8 cm³/mol. The molecular weight excluding hydrogens is 150 g/mol. The SMILES string of the molecule is C=CCC(N)C(=O)C1CCCC1. The third kappa shape index (κ3) is 2.18. The Morgan fingerprint density at radius 1 is 1.58 bits per heavy atom. The molecule has 68 valence electrons. The van der Waals surface area contributed by atoms with Crippen molar-refractivity contribution in [2.45, 2.75) is 38.1 Å². The molecule has 2 N–H and O–H groups in total. The molecule has 0 aliphatic heterocycles. The van der Waals surface area contributed by atoms with Crippen LogP contribution in [0.25, 0.3) is 0 Å². The van der Waals surface area contributed by atoms with Crippen LogP contribution < -0.4 is 5.73 Å². The number of carbonyl (C=O) groups is 1. The van der Waals surface area contributed by atoms with Gasteiger partial charge in [-0.1, -0.05) is 18.9 Å². The first kappa shape index (κ1) is 9.46. The summed E-state index contributed by atoms with van der Waals surface area (Å²) in [5.74, 6) is 0.493. The second-order valence-corrected chi connectivity index (χ2v) is 3.51. The fraction of sp³-hybridized carbons (Fsp3) is 0.700. The van der Waals surface area contributed by atoms with E-state index in [-0.39, 0.29) is 17.7 Å². The molecule has 2 nitrogen and oxygen atoms in total. The predicted octanol–water partition coefficient (Wildman–Crippen LogP) is 1.65. The van der Waals surface area contributed by atoms with Crippen LogP contribution in [0.1, 0.15) is 32.1 Å². The Kier molecular flexibility index (Phi) is 3.48. The van der Waals surface area contributed by atoms with Gasteiger partial charge in [0, 0.05) is 5.92 Å².